The summed E-state index contributed by atoms with van der Waals surface area (Å²) in [5, 5.41) is 3.37. The summed E-state index contributed by atoms with van der Waals surface area (Å²) in [6.07, 6.45) is 4.51. The topological polar surface area (TPSA) is 46.2 Å². The van der Waals surface area contributed by atoms with Gasteiger partial charge in [0.15, 0.2) is 0 Å². The molecule has 0 spiro atoms. The second-order valence-corrected chi connectivity index (χ2v) is 7.68. The zero-order valence-corrected chi connectivity index (χ0v) is 12.2. The first-order chi connectivity index (χ1) is 8.09. The maximum absolute atomic E-state index is 11.3. The van der Waals surface area contributed by atoms with Crippen LogP contribution < -0.4 is 5.32 Å². The van der Waals surface area contributed by atoms with Crippen molar-refractivity contribution in [2.45, 2.75) is 32.6 Å². The third-order valence-electron chi connectivity index (χ3n) is 3.67. The summed E-state index contributed by atoms with van der Waals surface area (Å²) in [4.78, 5) is 0. The number of rotatable bonds is 8. The molecule has 0 aromatic heterocycles. The summed E-state index contributed by atoms with van der Waals surface area (Å²) >= 11 is 5.91. The number of alkyl halides is 1. The molecule has 102 valence electrons. The molecule has 1 fully saturated rings. The third-order valence-corrected chi connectivity index (χ3v) is 5.86. The van der Waals surface area contributed by atoms with Gasteiger partial charge in [-0.25, -0.2) is 8.42 Å². The van der Waals surface area contributed by atoms with Crippen LogP contribution in [0.4, 0.5) is 0 Å². The van der Waals surface area contributed by atoms with Crippen molar-refractivity contribution in [1.29, 1.82) is 0 Å². The highest BCUT2D eigenvalue weighted by molar-refractivity contribution is 7.91. The molecule has 2 unspecified atom stereocenters. The molecule has 17 heavy (non-hydrogen) atoms. The van der Waals surface area contributed by atoms with Crippen LogP contribution in [0.5, 0.6) is 0 Å². The Hall–Kier alpha value is 0.200. The van der Waals surface area contributed by atoms with Gasteiger partial charge < -0.3 is 5.32 Å². The van der Waals surface area contributed by atoms with Crippen LogP contribution in [0, 0.1) is 11.8 Å². The largest absolute Gasteiger partial charge is 0.316 e. The maximum Gasteiger partial charge on any atom is 0.150 e. The monoisotopic (exact) mass is 281 g/mol. The van der Waals surface area contributed by atoms with E-state index in [1.165, 1.54) is 19.3 Å². The van der Waals surface area contributed by atoms with Gasteiger partial charge in [0.05, 0.1) is 5.75 Å². The van der Waals surface area contributed by atoms with Gasteiger partial charge >= 0.3 is 0 Å². The SMILES string of the molecule is CCS(=O)(=O)CCCNCC1CCCC1CCl. The molecule has 1 aliphatic carbocycles. The van der Waals surface area contributed by atoms with E-state index < -0.39 is 9.84 Å². The molecule has 1 N–H and O–H groups in total. The van der Waals surface area contributed by atoms with Crippen LogP contribution in [0.1, 0.15) is 32.6 Å². The molecule has 0 bridgehead atoms. The Labute approximate surface area is 110 Å². The van der Waals surface area contributed by atoms with Crippen molar-refractivity contribution in [2.24, 2.45) is 11.8 Å². The molecule has 1 saturated carbocycles. The van der Waals surface area contributed by atoms with Crippen LogP contribution in [-0.2, 0) is 9.84 Å². The van der Waals surface area contributed by atoms with E-state index in [2.05, 4.69) is 5.32 Å². The van der Waals surface area contributed by atoms with Crippen LogP contribution in [0.3, 0.4) is 0 Å². The summed E-state index contributed by atoms with van der Waals surface area (Å²) in [5.41, 5.74) is 0. The van der Waals surface area contributed by atoms with Gasteiger partial charge in [-0.05, 0) is 44.2 Å². The molecule has 1 rings (SSSR count). The molecule has 3 nitrogen and oxygen atoms in total. The van der Waals surface area contributed by atoms with E-state index in [1.54, 1.807) is 6.92 Å². The van der Waals surface area contributed by atoms with Crippen molar-refractivity contribution in [3.05, 3.63) is 0 Å². The van der Waals surface area contributed by atoms with Crippen molar-refractivity contribution < 1.29 is 8.42 Å². The van der Waals surface area contributed by atoms with Gasteiger partial charge in [0.2, 0.25) is 0 Å². The van der Waals surface area contributed by atoms with Crippen LogP contribution in [0.25, 0.3) is 0 Å². The Morgan fingerprint density at radius 3 is 2.65 bits per heavy atom. The zero-order chi connectivity index (χ0) is 12.7. The molecule has 0 aromatic rings. The lowest BCUT2D eigenvalue weighted by atomic mass is 9.98. The average Bonchev–Trinajstić information content (AvgIpc) is 2.76. The lowest BCUT2D eigenvalue weighted by Crippen LogP contribution is -2.27. The third kappa shape index (κ3) is 5.58. The van der Waals surface area contributed by atoms with E-state index in [-0.39, 0.29) is 5.75 Å². The first kappa shape index (κ1) is 15.3. The minimum absolute atomic E-state index is 0.254. The Morgan fingerprint density at radius 2 is 2.00 bits per heavy atom. The summed E-state index contributed by atoms with van der Waals surface area (Å²) in [5.74, 6) is 2.67. The highest BCUT2D eigenvalue weighted by Crippen LogP contribution is 2.31. The number of halogens is 1. The van der Waals surface area contributed by atoms with Crippen molar-refractivity contribution in [1.82, 2.24) is 5.32 Å². The molecule has 1 aliphatic rings. The number of sulfone groups is 1. The number of nitrogens with one attached hydrogen (secondary N) is 1. The van der Waals surface area contributed by atoms with Crippen LogP contribution in [0.2, 0.25) is 0 Å². The molecule has 0 aromatic carbocycles. The Morgan fingerprint density at radius 1 is 1.29 bits per heavy atom. The highest BCUT2D eigenvalue weighted by Gasteiger charge is 2.25. The van der Waals surface area contributed by atoms with Gasteiger partial charge in [-0.2, -0.15) is 0 Å². The predicted octanol–water partition coefficient (Wildman–Crippen LogP) is 2.06. The zero-order valence-electron chi connectivity index (χ0n) is 10.6. The second-order valence-electron chi connectivity index (χ2n) is 4.90. The first-order valence-corrected chi connectivity index (χ1v) is 8.91. The van der Waals surface area contributed by atoms with Crippen molar-refractivity contribution >= 4 is 21.4 Å². The molecule has 0 amide bonds. The molecule has 5 heteroatoms. The number of hydrogen-bond donors (Lipinski definition) is 1. The standard InChI is InChI=1S/C12H24ClNO2S/c1-2-17(15,16)8-4-7-14-10-12-6-3-5-11(12)9-13/h11-12,14H,2-10H2,1H3. The fraction of sp³-hybridized carbons (Fsp3) is 1.00. The normalized spacial score (nSPS) is 25.3. The fourth-order valence-corrected chi connectivity index (χ4v) is 3.71. The van der Waals surface area contributed by atoms with E-state index in [0.717, 1.165) is 19.0 Å². The molecular formula is C12H24ClNO2S. The fourth-order valence-electron chi connectivity index (χ4n) is 2.43. The molecule has 2 atom stereocenters. The second kappa shape index (κ2) is 7.59. The van der Waals surface area contributed by atoms with E-state index in [1.807, 2.05) is 0 Å². The van der Waals surface area contributed by atoms with E-state index in [9.17, 15) is 8.42 Å². The summed E-state index contributed by atoms with van der Waals surface area (Å²) in [7, 11) is -2.80. The Kier molecular flexibility index (Phi) is 6.82. The number of hydrogen-bond acceptors (Lipinski definition) is 3. The van der Waals surface area contributed by atoms with Crippen LogP contribution in [-0.4, -0.2) is 38.9 Å². The molecule has 0 aliphatic heterocycles. The quantitative estimate of drug-likeness (QED) is 0.547. The average molecular weight is 282 g/mol. The van der Waals surface area contributed by atoms with E-state index >= 15 is 0 Å². The highest BCUT2D eigenvalue weighted by atomic mass is 35.5. The van der Waals surface area contributed by atoms with Crippen LogP contribution >= 0.6 is 11.6 Å². The van der Waals surface area contributed by atoms with Crippen molar-refractivity contribution in [3.8, 4) is 0 Å². The lowest BCUT2D eigenvalue weighted by molar-refractivity contribution is 0.396. The predicted molar refractivity (Wildman–Crippen MR) is 73.4 cm³/mol. The van der Waals surface area contributed by atoms with Gasteiger partial charge in [0.1, 0.15) is 9.84 Å². The van der Waals surface area contributed by atoms with Gasteiger partial charge in [-0.15, -0.1) is 11.6 Å². The summed E-state index contributed by atoms with van der Waals surface area (Å²) in [6, 6.07) is 0. The molecule has 0 radical (unpaired) electrons. The first-order valence-electron chi connectivity index (χ1n) is 6.56. The van der Waals surface area contributed by atoms with Gasteiger partial charge in [0.25, 0.3) is 0 Å². The van der Waals surface area contributed by atoms with Gasteiger partial charge in [0, 0.05) is 11.6 Å². The summed E-state index contributed by atoms with van der Waals surface area (Å²) < 4.78 is 22.5. The van der Waals surface area contributed by atoms with E-state index in [4.69, 9.17) is 11.6 Å². The minimum Gasteiger partial charge on any atom is -0.316 e. The van der Waals surface area contributed by atoms with E-state index in [0.29, 0.717) is 24.0 Å². The smallest absolute Gasteiger partial charge is 0.150 e. The Bertz CT molecular complexity index is 306. The van der Waals surface area contributed by atoms with Crippen LogP contribution in [0.15, 0.2) is 0 Å². The van der Waals surface area contributed by atoms with Gasteiger partial charge in [-0.3, -0.25) is 0 Å². The maximum atomic E-state index is 11.3. The van der Waals surface area contributed by atoms with Crippen molar-refractivity contribution in [2.75, 3.05) is 30.5 Å². The molecular weight excluding hydrogens is 258 g/mol. The minimum atomic E-state index is -2.80. The Balaban J connectivity index is 2.08. The van der Waals surface area contributed by atoms with Crippen molar-refractivity contribution in [3.63, 3.8) is 0 Å². The molecule has 0 heterocycles. The van der Waals surface area contributed by atoms with Gasteiger partial charge in [-0.1, -0.05) is 13.3 Å². The lowest BCUT2D eigenvalue weighted by Gasteiger charge is -2.17. The molecule has 0 saturated heterocycles. The summed E-state index contributed by atoms with van der Waals surface area (Å²) in [6.45, 7) is 3.49.